The highest BCUT2D eigenvalue weighted by Gasteiger charge is 2.07. The number of hydrogen-bond acceptors (Lipinski definition) is 4. The van der Waals surface area contributed by atoms with E-state index in [0.717, 1.165) is 27.7 Å². The average molecular weight is 376 g/mol. The van der Waals surface area contributed by atoms with E-state index in [9.17, 15) is 0 Å². The second-order valence-electron chi connectivity index (χ2n) is 5.34. The molecule has 24 heavy (non-hydrogen) atoms. The molecule has 0 bridgehead atoms. The first-order valence-electron chi connectivity index (χ1n) is 7.31. The van der Waals surface area contributed by atoms with Crippen molar-refractivity contribution in [3.8, 4) is 11.3 Å². The number of nitrogens with zero attached hydrogens (tertiary/aromatic N) is 2. The number of aromatic nitrogens is 1. The molecule has 0 fully saturated rings. The summed E-state index contributed by atoms with van der Waals surface area (Å²) >= 11 is 13.5. The zero-order valence-electron chi connectivity index (χ0n) is 13.2. The van der Waals surface area contributed by atoms with Crippen molar-refractivity contribution in [2.45, 2.75) is 13.8 Å². The Morgan fingerprint density at radius 1 is 1.08 bits per heavy atom. The molecule has 0 atom stereocenters. The predicted octanol–water partition coefficient (Wildman–Crippen LogP) is 6.26. The predicted molar refractivity (Wildman–Crippen MR) is 105 cm³/mol. The number of aryl methyl sites for hydroxylation is 1. The van der Waals surface area contributed by atoms with E-state index in [4.69, 9.17) is 23.2 Å². The molecular weight excluding hydrogens is 361 g/mol. The molecule has 0 saturated carbocycles. The van der Waals surface area contributed by atoms with Gasteiger partial charge in [-0.25, -0.2) is 4.98 Å². The Balaban J connectivity index is 1.75. The standard InChI is InChI=1S/C18H15Cl2N3S/c1-11-3-5-13(6-4-11)12(2)22-23-18-21-17(10-24-18)14-7-8-15(19)16(20)9-14/h3-10H,1-2H3,(H,21,23)/b22-12-. The van der Waals surface area contributed by atoms with Crippen LogP contribution < -0.4 is 5.43 Å². The number of rotatable bonds is 4. The molecule has 0 saturated heterocycles. The maximum atomic E-state index is 6.06. The van der Waals surface area contributed by atoms with E-state index in [0.29, 0.717) is 10.0 Å². The summed E-state index contributed by atoms with van der Waals surface area (Å²) in [4.78, 5) is 4.53. The van der Waals surface area contributed by atoms with Crippen LogP contribution in [0.2, 0.25) is 10.0 Å². The normalized spacial score (nSPS) is 11.6. The molecule has 3 nitrogen and oxygen atoms in total. The van der Waals surface area contributed by atoms with Crippen LogP contribution in [0.3, 0.4) is 0 Å². The van der Waals surface area contributed by atoms with Gasteiger partial charge in [0.2, 0.25) is 5.13 Å². The van der Waals surface area contributed by atoms with Gasteiger partial charge in [0, 0.05) is 10.9 Å². The molecular formula is C18H15Cl2N3S. The van der Waals surface area contributed by atoms with E-state index in [-0.39, 0.29) is 0 Å². The number of benzene rings is 2. The second kappa shape index (κ2) is 7.34. The minimum atomic E-state index is 0.518. The fourth-order valence-electron chi connectivity index (χ4n) is 2.10. The summed E-state index contributed by atoms with van der Waals surface area (Å²) in [5.41, 5.74) is 7.98. The molecule has 1 N–H and O–H groups in total. The second-order valence-corrected chi connectivity index (χ2v) is 7.01. The van der Waals surface area contributed by atoms with Crippen molar-refractivity contribution in [2.75, 3.05) is 5.43 Å². The van der Waals surface area contributed by atoms with E-state index in [1.54, 1.807) is 6.07 Å². The molecule has 6 heteroatoms. The van der Waals surface area contributed by atoms with Crippen LogP contribution in [0, 0.1) is 6.92 Å². The summed E-state index contributed by atoms with van der Waals surface area (Å²) in [5.74, 6) is 0. The van der Waals surface area contributed by atoms with E-state index in [1.807, 2.05) is 24.4 Å². The maximum Gasteiger partial charge on any atom is 0.203 e. The zero-order valence-corrected chi connectivity index (χ0v) is 15.5. The lowest BCUT2D eigenvalue weighted by molar-refractivity contribution is 1.27. The lowest BCUT2D eigenvalue weighted by Gasteiger charge is -2.02. The van der Waals surface area contributed by atoms with Gasteiger partial charge in [0.25, 0.3) is 0 Å². The largest absolute Gasteiger partial charge is 0.252 e. The first-order chi connectivity index (χ1) is 11.5. The van der Waals surface area contributed by atoms with Crippen LogP contribution in [-0.4, -0.2) is 10.7 Å². The van der Waals surface area contributed by atoms with Crippen molar-refractivity contribution in [1.29, 1.82) is 0 Å². The third-order valence-corrected chi connectivity index (χ3v) is 4.99. The van der Waals surface area contributed by atoms with Crippen LogP contribution in [0.1, 0.15) is 18.1 Å². The topological polar surface area (TPSA) is 37.3 Å². The van der Waals surface area contributed by atoms with Crippen LogP contribution >= 0.6 is 34.5 Å². The van der Waals surface area contributed by atoms with Gasteiger partial charge in [-0.2, -0.15) is 5.10 Å². The molecule has 122 valence electrons. The first-order valence-corrected chi connectivity index (χ1v) is 8.95. The summed E-state index contributed by atoms with van der Waals surface area (Å²) < 4.78 is 0. The molecule has 0 radical (unpaired) electrons. The zero-order chi connectivity index (χ0) is 17.1. The van der Waals surface area contributed by atoms with Crippen LogP contribution in [-0.2, 0) is 0 Å². The Bertz CT molecular complexity index is 886. The van der Waals surface area contributed by atoms with Crippen molar-refractivity contribution in [2.24, 2.45) is 5.10 Å². The highest BCUT2D eigenvalue weighted by molar-refractivity contribution is 7.14. The summed E-state index contributed by atoms with van der Waals surface area (Å²) in [5, 5.41) is 8.13. The van der Waals surface area contributed by atoms with E-state index in [1.165, 1.54) is 16.9 Å². The van der Waals surface area contributed by atoms with E-state index < -0.39 is 0 Å². The van der Waals surface area contributed by atoms with Crippen LogP contribution in [0.4, 0.5) is 5.13 Å². The molecule has 3 rings (SSSR count). The van der Waals surface area contributed by atoms with Crippen molar-refractivity contribution < 1.29 is 0 Å². The SMILES string of the molecule is C/C(=N/Nc1nc(-c2ccc(Cl)c(Cl)c2)cs1)c1ccc(C)cc1. The Morgan fingerprint density at radius 3 is 2.54 bits per heavy atom. The van der Waals surface area contributed by atoms with Gasteiger partial charge in [0.15, 0.2) is 0 Å². The highest BCUT2D eigenvalue weighted by Crippen LogP contribution is 2.30. The molecule has 1 heterocycles. The fourth-order valence-corrected chi connectivity index (χ4v) is 3.06. The Kier molecular flexibility index (Phi) is 5.19. The van der Waals surface area contributed by atoms with Gasteiger partial charge in [-0.1, -0.05) is 59.1 Å². The minimum absolute atomic E-state index is 0.518. The van der Waals surface area contributed by atoms with Gasteiger partial charge in [0.1, 0.15) is 0 Å². The Labute approximate surface area is 155 Å². The first kappa shape index (κ1) is 17.0. The Morgan fingerprint density at radius 2 is 1.83 bits per heavy atom. The number of hydrazone groups is 1. The van der Waals surface area contributed by atoms with Crippen molar-refractivity contribution >= 4 is 45.4 Å². The maximum absolute atomic E-state index is 6.06. The molecule has 2 aromatic carbocycles. The third kappa shape index (κ3) is 3.96. The van der Waals surface area contributed by atoms with Crippen LogP contribution in [0.15, 0.2) is 52.9 Å². The third-order valence-electron chi connectivity index (χ3n) is 3.51. The van der Waals surface area contributed by atoms with Gasteiger partial charge in [-0.15, -0.1) is 11.3 Å². The molecule has 0 aliphatic heterocycles. The van der Waals surface area contributed by atoms with Crippen LogP contribution in [0.5, 0.6) is 0 Å². The summed E-state index contributed by atoms with van der Waals surface area (Å²) in [6.07, 6.45) is 0. The molecule has 0 unspecified atom stereocenters. The lowest BCUT2D eigenvalue weighted by atomic mass is 10.1. The van der Waals surface area contributed by atoms with E-state index in [2.05, 4.69) is 46.7 Å². The quantitative estimate of drug-likeness (QED) is 0.431. The van der Waals surface area contributed by atoms with Crippen molar-refractivity contribution in [3.05, 3.63) is 69.0 Å². The highest BCUT2D eigenvalue weighted by atomic mass is 35.5. The van der Waals surface area contributed by atoms with Crippen molar-refractivity contribution in [1.82, 2.24) is 4.98 Å². The number of nitrogens with one attached hydrogen (secondary N) is 1. The summed E-state index contributed by atoms with van der Waals surface area (Å²) in [7, 11) is 0. The summed E-state index contributed by atoms with van der Waals surface area (Å²) in [6.45, 7) is 4.03. The Hall–Kier alpha value is -1.88. The molecule has 0 spiro atoms. The number of anilines is 1. The van der Waals surface area contributed by atoms with E-state index >= 15 is 0 Å². The number of hydrogen-bond donors (Lipinski definition) is 1. The minimum Gasteiger partial charge on any atom is -0.252 e. The summed E-state index contributed by atoms with van der Waals surface area (Å²) in [6, 6.07) is 13.7. The lowest BCUT2D eigenvalue weighted by Crippen LogP contribution is -1.99. The molecule has 3 aromatic rings. The smallest absolute Gasteiger partial charge is 0.203 e. The molecule has 0 aliphatic carbocycles. The van der Waals surface area contributed by atoms with Crippen LogP contribution in [0.25, 0.3) is 11.3 Å². The number of halogens is 2. The fraction of sp³-hybridized carbons (Fsp3) is 0.111. The monoisotopic (exact) mass is 375 g/mol. The van der Waals surface area contributed by atoms with Gasteiger partial charge >= 0.3 is 0 Å². The van der Waals surface area contributed by atoms with Gasteiger partial charge in [-0.05, 0) is 31.5 Å². The molecule has 0 amide bonds. The van der Waals surface area contributed by atoms with Gasteiger partial charge < -0.3 is 0 Å². The average Bonchev–Trinajstić information content (AvgIpc) is 3.05. The molecule has 0 aliphatic rings. The van der Waals surface area contributed by atoms with Crippen molar-refractivity contribution in [3.63, 3.8) is 0 Å². The number of thiazole rings is 1. The van der Waals surface area contributed by atoms with Gasteiger partial charge in [-0.3, -0.25) is 5.43 Å². The molecule has 1 aromatic heterocycles. The van der Waals surface area contributed by atoms with Gasteiger partial charge in [0.05, 0.1) is 21.5 Å².